The summed E-state index contributed by atoms with van der Waals surface area (Å²) in [6.07, 6.45) is 2.57. The van der Waals surface area contributed by atoms with Crippen LogP contribution in [0.5, 0.6) is 0 Å². The van der Waals surface area contributed by atoms with Gasteiger partial charge in [0.1, 0.15) is 18.8 Å². The van der Waals surface area contributed by atoms with Crippen LogP contribution in [0.2, 0.25) is 0 Å². The van der Waals surface area contributed by atoms with E-state index in [0.29, 0.717) is 0 Å². The largest absolute Gasteiger partial charge is 0.371 e. The van der Waals surface area contributed by atoms with Gasteiger partial charge in [-0.05, 0) is 31.0 Å². The molecule has 1 aliphatic heterocycles. The Morgan fingerprint density at radius 3 is 2.50 bits per heavy atom. The lowest BCUT2D eigenvalue weighted by atomic mass is 10.1. The number of hydrogen-bond donors (Lipinski definition) is 1. The predicted octanol–water partition coefficient (Wildman–Crippen LogP) is 3.64. The third kappa shape index (κ3) is 4.71. The molecular formula is C24H29N4OS+. The van der Waals surface area contributed by atoms with Crippen LogP contribution in [0.4, 0.5) is 16.5 Å². The van der Waals surface area contributed by atoms with Crippen molar-refractivity contribution in [3.8, 4) is 0 Å². The smallest absolute Gasteiger partial charge is 0.230 e. The number of para-hydroxylation sites is 2. The van der Waals surface area contributed by atoms with Gasteiger partial charge in [0.15, 0.2) is 5.13 Å². The molecule has 0 aliphatic carbocycles. The highest BCUT2D eigenvalue weighted by atomic mass is 32.1. The molecule has 1 amide bonds. The second-order valence-corrected chi connectivity index (χ2v) is 8.78. The standard InChI is InChI=1S/C24H28N4OS/c1-19(29)28(22-11-4-3-5-12-22)24-25-21(18-30-24)17-26(2)16-20-10-6-7-13-23(20)27-14-8-9-15-27/h3-7,10-13,18H,8-9,14-17H2,1-2H3/p+1. The van der Waals surface area contributed by atoms with Gasteiger partial charge in [0.25, 0.3) is 0 Å². The highest BCUT2D eigenvalue weighted by Crippen LogP contribution is 2.28. The van der Waals surface area contributed by atoms with Crippen molar-refractivity contribution in [3.05, 3.63) is 71.2 Å². The maximum absolute atomic E-state index is 12.3. The highest BCUT2D eigenvalue weighted by Gasteiger charge is 2.20. The second kappa shape index (κ2) is 9.41. The number of hydrogen-bond acceptors (Lipinski definition) is 4. The van der Waals surface area contributed by atoms with E-state index < -0.39 is 0 Å². The first-order valence-corrected chi connectivity index (χ1v) is 11.4. The van der Waals surface area contributed by atoms with Crippen LogP contribution in [0.15, 0.2) is 60.0 Å². The first kappa shape index (κ1) is 20.6. The summed E-state index contributed by atoms with van der Waals surface area (Å²) in [7, 11) is 2.21. The number of amides is 1. The zero-order valence-corrected chi connectivity index (χ0v) is 18.5. The lowest BCUT2D eigenvalue weighted by Crippen LogP contribution is -3.06. The average molecular weight is 422 g/mol. The van der Waals surface area contributed by atoms with Crippen LogP contribution in [-0.2, 0) is 17.9 Å². The number of rotatable bonds is 7. The number of anilines is 3. The molecule has 4 rings (SSSR count). The van der Waals surface area contributed by atoms with Crippen LogP contribution in [-0.4, -0.2) is 31.0 Å². The molecule has 1 aliphatic rings. The average Bonchev–Trinajstić information content (AvgIpc) is 3.42. The van der Waals surface area contributed by atoms with Gasteiger partial charge in [-0.2, -0.15) is 0 Å². The number of thiazole rings is 1. The zero-order valence-electron chi connectivity index (χ0n) is 17.7. The summed E-state index contributed by atoms with van der Waals surface area (Å²) in [6.45, 7) is 5.68. The molecule has 0 bridgehead atoms. The number of carbonyl (C=O) groups is 1. The number of quaternary nitrogens is 1. The molecule has 30 heavy (non-hydrogen) atoms. The summed E-state index contributed by atoms with van der Waals surface area (Å²) >= 11 is 1.53. The monoisotopic (exact) mass is 421 g/mol. The molecule has 0 spiro atoms. The topological polar surface area (TPSA) is 40.9 Å². The molecule has 1 saturated heterocycles. The molecule has 1 N–H and O–H groups in total. The van der Waals surface area contributed by atoms with Gasteiger partial charge in [-0.25, -0.2) is 4.98 Å². The molecule has 2 heterocycles. The summed E-state index contributed by atoms with van der Waals surface area (Å²) in [5.41, 5.74) is 4.64. The van der Waals surface area contributed by atoms with Crippen molar-refractivity contribution in [2.24, 2.45) is 0 Å². The maximum atomic E-state index is 12.3. The second-order valence-electron chi connectivity index (χ2n) is 7.94. The Morgan fingerprint density at radius 1 is 1.07 bits per heavy atom. The summed E-state index contributed by atoms with van der Waals surface area (Å²) in [5.74, 6) is -0.0256. The first-order chi connectivity index (χ1) is 14.6. The van der Waals surface area contributed by atoms with E-state index >= 15 is 0 Å². The van der Waals surface area contributed by atoms with Gasteiger partial charge in [0.05, 0.1) is 12.7 Å². The van der Waals surface area contributed by atoms with E-state index in [1.54, 1.807) is 11.8 Å². The van der Waals surface area contributed by atoms with Gasteiger partial charge in [-0.1, -0.05) is 36.4 Å². The summed E-state index contributed by atoms with van der Waals surface area (Å²) in [6, 6.07) is 18.5. The molecular weight excluding hydrogens is 392 g/mol. The summed E-state index contributed by atoms with van der Waals surface area (Å²) < 4.78 is 0. The van der Waals surface area contributed by atoms with E-state index in [0.717, 1.165) is 42.7 Å². The van der Waals surface area contributed by atoms with Crippen molar-refractivity contribution in [2.75, 3.05) is 29.9 Å². The van der Waals surface area contributed by atoms with E-state index in [1.807, 2.05) is 30.3 Å². The minimum absolute atomic E-state index is 0.0256. The molecule has 156 valence electrons. The fraction of sp³-hybridized carbons (Fsp3) is 0.333. The minimum Gasteiger partial charge on any atom is -0.371 e. The number of carbonyl (C=O) groups excluding carboxylic acids is 1. The number of nitrogens with one attached hydrogen (secondary N) is 1. The highest BCUT2D eigenvalue weighted by molar-refractivity contribution is 7.14. The zero-order chi connectivity index (χ0) is 20.9. The van der Waals surface area contributed by atoms with E-state index in [1.165, 1.54) is 40.3 Å². The Bertz CT molecular complexity index is 982. The minimum atomic E-state index is -0.0256. The molecule has 1 fully saturated rings. The third-order valence-corrected chi connectivity index (χ3v) is 6.35. The Kier molecular flexibility index (Phi) is 6.45. The Labute approximate surface area is 182 Å². The predicted molar refractivity (Wildman–Crippen MR) is 124 cm³/mol. The number of aromatic nitrogens is 1. The lowest BCUT2D eigenvalue weighted by molar-refractivity contribution is -0.907. The van der Waals surface area contributed by atoms with Crippen LogP contribution >= 0.6 is 11.3 Å². The molecule has 2 aromatic carbocycles. The summed E-state index contributed by atoms with van der Waals surface area (Å²) in [4.78, 5) is 22.6. The molecule has 1 atom stereocenters. The van der Waals surface area contributed by atoms with Gasteiger partial charge in [0.2, 0.25) is 5.91 Å². The van der Waals surface area contributed by atoms with Crippen molar-refractivity contribution in [3.63, 3.8) is 0 Å². The van der Waals surface area contributed by atoms with Crippen molar-refractivity contribution in [1.29, 1.82) is 0 Å². The first-order valence-electron chi connectivity index (χ1n) is 10.6. The van der Waals surface area contributed by atoms with Crippen LogP contribution in [0.1, 0.15) is 31.0 Å². The Balaban J connectivity index is 1.46. The van der Waals surface area contributed by atoms with Crippen LogP contribution in [0, 0.1) is 0 Å². The molecule has 0 radical (unpaired) electrons. The molecule has 3 aromatic rings. The van der Waals surface area contributed by atoms with Crippen molar-refractivity contribution in [2.45, 2.75) is 32.9 Å². The van der Waals surface area contributed by atoms with Gasteiger partial charge in [-0.3, -0.25) is 9.69 Å². The lowest BCUT2D eigenvalue weighted by Gasteiger charge is -2.22. The Morgan fingerprint density at radius 2 is 1.77 bits per heavy atom. The van der Waals surface area contributed by atoms with E-state index in [9.17, 15) is 4.79 Å². The fourth-order valence-corrected chi connectivity index (χ4v) is 4.99. The van der Waals surface area contributed by atoms with Gasteiger partial charge >= 0.3 is 0 Å². The van der Waals surface area contributed by atoms with Crippen LogP contribution < -0.4 is 14.7 Å². The SMILES string of the molecule is CC(=O)N(c1ccccc1)c1nc(C[NH+](C)Cc2ccccc2N2CCCC2)cs1. The molecule has 1 aromatic heterocycles. The number of nitrogens with zero attached hydrogens (tertiary/aromatic N) is 3. The van der Waals surface area contributed by atoms with E-state index in [2.05, 4.69) is 41.6 Å². The molecule has 5 nitrogen and oxygen atoms in total. The van der Waals surface area contributed by atoms with Crippen molar-refractivity contribution < 1.29 is 9.69 Å². The molecule has 6 heteroatoms. The normalized spacial score (nSPS) is 14.7. The fourth-order valence-electron chi connectivity index (χ4n) is 4.11. The van der Waals surface area contributed by atoms with E-state index in [-0.39, 0.29) is 5.91 Å². The van der Waals surface area contributed by atoms with Crippen molar-refractivity contribution in [1.82, 2.24) is 4.98 Å². The quantitative estimate of drug-likeness (QED) is 0.633. The maximum Gasteiger partial charge on any atom is 0.230 e. The molecule has 1 unspecified atom stereocenters. The number of benzene rings is 2. The van der Waals surface area contributed by atoms with Gasteiger partial charge < -0.3 is 9.80 Å². The third-order valence-electron chi connectivity index (χ3n) is 5.47. The van der Waals surface area contributed by atoms with Gasteiger partial charge in [0, 0.05) is 36.6 Å². The Hall–Kier alpha value is -2.70. The van der Waals surface area contributed by atoms with E-state index in [4.69, 9.17) is 4.98 Å². The summed E-state index contributed by atoms with van der Waals surface area (Å²) in [5, 5.41) is 2.80. The van der Waals surface area contributed by atoms with Gasteiger partial charge in [-0.15, -0.1) is 11.3 Å². The molecule has 0 saturated carbocycles. The van der Waals surface area contributed by atoms with Crippen LogP contribution in [0.25, 0.3) is 0 Å². The van der Waals surface area contributed by atoms with Crippen molar-refractivity contribution >= 4 is 33.8 Å². The van der Waals surface area contributed by atoms with Crippen LogP contribution in [0.3, 0.4) is 0 Å².